The molecule has 2 amide bonds. The molecule has 0 spiro atoms. The first kappa shape index (κ1) is 29.7. The van der Waals surface area contributed by atoms with Gasteiger partial charge in [-0.2, -0.15) is 0 Å². The highest BCUT2D eigenvalue weighted by molar-refractivity contribution is 7.80. The lowest BCUT2D eigenvalue weighted by Gasteiger charge is -2.29. The molecule has 1 saturated heterocycles. The molecule has 0 aromatic heterocycles. The number of carbonyl (C=O) groups excluding carboxylic acids is 2. The lowest BCUT2D eigenvalue weighted by atomic mass is 10.0. The van der Waals surface area contributed by atoms with Crippen LogP contribution in [-0.2, 0) is 22.6 Å². The van der Waals surface area contributed by atoms with Crippen LogP contribution < -0.4 is 19.7 Å². The molecule has 0 radical (unpaired) electrons. The zero-order valence-electron chi connectivity index (χ0n) is 21.7. The number of carbonyl (C=O) groups is 2. The van der Waals surface area contributed by atoms with E-state index in [1.54, 1.807) is 55.5 Å². The Morgan fingerprint density at radius 1 is 1.12 bits per heavy atom. The summed E-state index contributed by atoms with van der Waals surface area (Å²) in [6.07, 6.45) is 3.46. The van der Waals surface area contributed by atoms with Crippen LogP contribution in [0.4, 0.5) is 11.4 Å². The summed E-state index contributed by atoms with van der Waals surface area (Å²) in [6.45, 7) is 5.95. The summed E-state index contributed by atoms with van der Waals surface area (Å²) in [5, 5.41) is 13.9. The van der Waals surface area contributed by atoms with E-state index < -0.39 is 16.7 Å². The number of hydrogen-bond acceptors (Lipinski definition) is 7. The summed E-state index contributed by atoms with van der Waals surface area (Å²) < 4.78 is 11.9. The number of hydrogen-bond donors (Lipinski definition) is 1. The van der Waals surface area contributed by atoms with Crippen molar-refractivity contribution < 1.29 is 24.0 Å². The molecule has 0 atom stereocenters. The molecule has 3 aromatic rings. The number of nitro groups is 1. The van der Waals surface area contributed by atoms with Gasteiger partial charge in [0.2, 0.25) is 0 Å². The van der Waals surface area contributed by atoms with Crippen LogP contribution in [0.3, 0.4) is 0 Å². The fourth-order valence-electron chi connectivity index (χ4n) is 4.12. The van der Waals surface area contributed by atoms with E-state index in [1.807, 2.05) is 0 Å². The third-order valence-corrected chi connectivity index (χ3v) is 7.00. The minimum absolute atomic E-state index is 0.0417. The molecule has 12 heteroatoms. The van der Waals surface area contributed by atoms with Crippen LogP contribution in [0.15, 0.2) is 72.8 Å². The van der Waals surface area contributed by atoms with Gasteiger partial charge in [0, 0.05) is 17.7 Å². The van der Waals surface area contributed by atoms with Crippen LogP contribution in [0.5, 0.6) is 11.5 Å². The Morgan fingerprint density at radius 3 is 2.59 bits per heavy atom. The van der Waals surface area contributed by atoms with Gasteiger partial charge in [0.15, 0.2) is 16.6 Å². The average molecular weight is 612 g/mol. The van der Waals surface area contributed by atoms with E-state index in [0.29, 0.717) is 41.2 Å². The maximum Gasteiger partial charge on any atom is 0.270 e. The van der Waals surface area contributed by atoms with Gasteiger partial charge in [-0.25, -0.2) is 0 Å². The highest BCUT2D eigenvalue weighted by atomic mass is 35.5. The molecular weight excluding hydrogens is 589 g/mol. The summed E-state index contributed by atoms with van der Waals surface area (Å²) in [5.41, 5.74) is 1.73. The molecule has 1 aliphatic rings. The zero-order chi connectivity index (χ0) is 29.7. The van der Waals surface area contributed by atoms with Gasteiger partial charge in [-0.15, -0.1) is 6.58 Å². The zero-order valence-corrected chi connectivity index (χ0v) is 24.0. The molecule has 1 fully saturated rings. The highest BCUT2D eigenvalue weighted by Crippen LogP contribution is 2.37. The maximum absolute atomic E-state index is 13.5. The number of ether oxygens (including phenoxy) is 2. The number of nitro benzene ring substituents is 1. The predicted molar refractivity (Wildman–Crippen MR) is 162 cm³/mol. The molecule has 0 aliphatic carbocycles. The Bertz CT molecular complexity index is 1610. The van der Waals surface area contributed by atoms with Crippen LogP contribution in [-0.4, -0.2) is 28.5 Å². The van der Waals surface area contributed by atoms with Gasteiger partial charge in [-0.05, 0) is 67.0 Å². The van der Waals surface area contributed by atoms with Gasteiger partial charge in [-0.1, -0.05) is 47.5 Å². The van der Waals surface area contributed by atoms with E-state index in [1.165, 1.54) is 18.2 Å². The smallest absolute Gasteiger partial charge is 0.270 e. The van der Waals surface area contributed by atoms with E-state index in [2.05, 4.69) is 11.9 Å². The number of amides is 2. The standard InChI is InChI=1S/C29H23Cl2N3O6S/c1-3-7-19-12-18(15-24(39-4-2)26(19)40-16-17-8-5-9-20(13-17)34(37)38)14-21-27(35)32-29(41)33(28(21)36)23-11-6-10-22(30)25(23)31/h3,5-6,8-15H,1,4,7,16H2,2H3,(H,32,35,41)/b21-14+. The van der Waals surface area contributed by atoms with Crippen molar-refractivity contribution >= 4 is 69.8 Å². The van der Waals surface area contributed by atoms with Crippen LogP contribution in [0, 0.1) is 10.1 Å². The van der Waals surface area contributed by atoms with Crippen molar-refractivity contribution in [1.82, 2.24) is 5.32 Å². The molecule has 4 rings (SSSR count). The number of halogens is 2. The maximum atomic E-state index is 13.5. The highest BCUT2D eigenvalue weighted by Gasteiger charge is 2.36. The number of non-ortho nitro benzene ring substituents is 1. The Labute approximate surface area is 251 Å². The number of thiocarbonyl (C=S) groups is 1. The van der Waals surface area contributed by atoms with Crippen molar-refractivity contribution in [2.24, 2.45) is 0 Å². The molecule has 0 saturated carbocycles. The number of rotatable bonds is 10. The second-order valence-electron chi connectivity index (χ2n) is 8.68. The number of nitrogens with zero attached hydrogens (tertiary/aromatic N) is 2. The molecule has 41 heavy (non-hydrogen) atoms. The summed E-state index contributed by atoms with van der Waals surface area (Å²) >= 11 is 17.7. The number of allylic oxidation sites excluding steroid dienone is 1. The summed E-state index contributed by atoms with van der Waals surface area (Å²) in [5.74, 6) is -0.591. The SMILES string of the molecule is C=CCc1cc(/C=C2\C(=O)NC(=S)N(c3cccc(Cl)c3Cl)C2=O)cc(OCC)c1OCc1cccc([N+](=O)[O-])c1. The van der Waals surface area contributed by atoms with E-state index >= 15 is 0 Å². The van der Waals surface area contributed by atoms with Gasteiger partial charge >= 0.3 is 0 Å². The van der Waals surface area contributed by atoms with Crippen LogP contribution in [0.25, 0.3) is 6.08 Å². The third kappa shape index (κ3) is 6.57. The topological polar surface area (TPSA) is 111 Å². The number of anilines is 1. The van der Waals surface area contributed by atoms with Gasteiger partial charge in [0.1, 0.15) is 12.2 Å². The van der Waals surface area contributed by atoms with Gasteiger partial charge in [-0.3, -0.25) is 29.9 Å². The molecule has 1 N–H and O–H groups in total. The Kier molecular flexibility index (Phi) is 9.38. The number of nitrogens with one attached hydrogen (secondary N) is 1. The van der Waals surface area contributed by atoms with Gasteiger partial charge in [0.05, 0.1) is 27.3 Å². The monoisotopic (exact) mass is 611 g/mol. The Morgan fingerprint density at radius 2 is 1.88 bits per heavy atom. The first-order valence-electron chi connectivity index (χ1n) is 12.3. The van der Waals surface area contributed by atoms with Crippen molar-refractivity contribution in [3.63, 3.8) is 0 Å². The quantitative estimate of drug-likeness (QED) is 0.0701. The van der Waals surface area contributed by atoms with Crippen LogP contribution in [0.1, 0.15) is 23.6 Å². The fraction of sp³-hybridized carbons (Fsp3) is 0.138. The first-order chi connectivity index (χ1) is 19.6. The fourth-order valence-corrected chi connectivity index (χ4v) is 4.78. The van der Waals surface area contributed by atoms with E-state index in [-0.39, 0.29) is 38.7 Å². The van der Waals surface area contributed by atoms with Crippen molar-refractivity contribution in [3.05, 3.63) is 110 Å². The van der Waals surface area contributed by atoms with Crippen LogP contribution >= 0.6 is 35.4 Å². The van der Waals surface area contributed by atoms with Gasteiger partial charge in [0.25, 0.3) is 17.5 Å². The summed E-state index contributed by atoms with van der Waals surface area (Å²) in [6, 6.07) is 14.3. The van der Waals surface area contributed by atoms with E-state index in [9.17, 15) is 19.7 Å². The van der Waals surface area contributed by atoms with E-state index in [0.717, 1.165) is 4.90 Å². The average Bonchev–Trinajstić information content (AvgIpc) is 2.93. The molecule has 0 unspecified atom stereocenters. The van der Waals surface area contributed by atoms with Crippen molar-refractivity contribution in [2.75, 3.05) is 11.5 Å². The molecule has 1 heterocycles. The predicted octanol–water partition coefficient (Wildman–Crippen LogP) is 6.44. The first-order valence-corrected chi connectivity index (χ1v) is 13.4. The second-order valence-corrected chi connectivity index (χ2v) is 9.85. The van der Waals surface area contributed by atoms with Crippen molar-refractivity contribution in [2.45, 2.75) is 20.0 Å². The minimum atomic E-state index is -0.683. The van der Waals surface area contributed by atoms with Crippen molar-refractivity contribution in [1.29, 1.82) is 0 Å². The Hall–Kier alpha value is -4.25. The summed E-state index contributed by atoms with van der Waals surface area (Å²) in [7, 11) is 0. The molecular formula is C29H23Cl2N3O6S. The van der Waals surface area contributed by atoms with Crippen LogP contribution in [0.2, 0.25) is 10.0 Å². The largest absolute Gasteiger partial charge is 0.490 e. The van der Waals surface area contributed by atoms with Crippen molar-refractivity contribution in [3.8, 4) is 11.5 Å². The normalized spacial score (nSPS) is 14.2. The summed E-state index contributed by atoms with van der Waals surface area (Å²) in [4.78, 5) is 38.2. The molecule has 210 valence electrons. The molecule has 9 nitrogen and oxygen atoms in total. The number of benzene rings is 3. The minimum Gasteiger partial charge on any atom is -0.490 e. The lowest BCUT2D eigenvalue weighted by molar-refractivity contribution is -0.384. The molecule has 3 aromatic carbocycles. The Balaban J connectivity index is 1.73. The van der Waals surface area contributed by atoms with Gasteiger partial charge < -0.3 is 9.47 Å². The lowest BCUT2D eigenvalue weighted by Crippen LogP contribution is -2.54. The molecule has 1 aliphatic heterocycles. The third-order valence-electron chi connectivity index (χ3n) is 5.91. The molecule has 0 bridgehead atoms. The second kappa shape index (κ2) is 12.9. The van der Waals surface area contributed by atoms with E-state index in [4.69, 9.17) is 44.9 Å².